The molecular formula is C12H14O5. The van der Waals surface area contributed by atoms with Gasteiger partial charge in [-0.2, -0.15) is 0 Å². The minimum absolute atomic E-state index is 0.0628. The van der Waals surface area contributed by atoms with Crippen LogP contribution in [-0.4, -0.2) is 30.6 Å². The molecule has 0 spiro atoms. The van der Waals surface area contributed by atoms with Crippen LogP contribution in [0.1, 0.15) is 22.8 Å². The van der Waals surface area contributed by atoms with E-state index >= 15 is 0 Å². The highest BCUT2D eigenvalue weighted by atomic mass is 16.5. The monoisotopic (exact) mass is 238 g/mol. The number of Topliss-reactive ketones (excluding diaryl/α,β-unsaturated/α-hetero) is 1. The summed E-state index contributed by atoms with van der Waals surface area (Å²) >= 11 is 0. The number of carbonyl (C=O) groups excluding carboxylic acids is 1. The first-order chi connectivity index (χ1) is 8.04. The highest BCUT2D eigenvalue weighted by Crippen LogP contribution is 2.21. The van der Waals surface area contributed by atoms with Crippen LogP contribution >= 0.6 is 0 Å². The lowest BCUT2D eigenvalue weighted by atomic mass is 10.1. The third-order valence-corrected chi connectivity index (χ3v) is 2.17. The van der Waals surface area contributed by atoms with E-state index in [0.717, 1.165) is 0 Å². The number of carboxylic acid groups (broad SMARTS) is 1. The van der Waals surface area contributed by atoms with Crippen molar-refractivity contribution in [1.29, 1.82) is 0 Å². The first kappa shape index (κ1) is 13.2. The van der Waals surface area contributed by atoms with Crippen molar-refractivity contribution in [3.05, 3.63) is 29.3 Å². The van der Waals surface area contributed by atoms with Crippen LogP contribution in [-0.2, 0) is 16.1 Å². The topological polar surface area (TPSA) is 72.8 Å². The number of hydrogen-bond donors (Lipinski definition) is 1. The fraction of sp³-hybridized carbons (Fsp3) is 0.333. The van der Waals surface area contributed by atoms with Gasteiger partial charge in [-0.25, -0.2) is 4.79 Å². The van der Waals surface area contributed by atoms with Crippen LogP contribution in [0.3, 0.4) is 0 Å². The number of methoxy groups -OCH3 is 1. The zero-order valence-corrected chi connectivity index (χ0v) is 9.73. The molecule has 0 unspecified atom stereocenters. The Morgan fingerprint density at radius 3 is 2.59 bits per heavy atom. The molecule has 5 heteroatoms. The van der Waals surface area contributed by atoms with Crippen molar-refractivity contribution in [2.24, 2.45) is 0 Å². The van der Waals surface area contributed by atoms with Crippen molar-refractivity contribution in [3.8, 4) is 5.75 Å². The van der Waals surface area contributed by atoms with Crippen LogP contribution in [0, 0.1) is 0 Å². The summed E-state index contributed by atoms with van der Waals surface area (Å²) in [5.41, 5.74) is 1.20. The predicted octanol–water partition coefficient (Wildman–Crippen LogP) is 1.50. The average Bonchev–Trinajstić information content (AvgIpc) is 2.28. The third-order valence-electron chi connectivity index (χ3n) is 2.17. The van der Waals surface area contributed by atoms with Gasteiger partial charge >= 0.3 is 5.97 Å². The molecule has 0 saturated carbocycles. The summed E-state index contributed by atoms with van der Waals surface area (Å²) in [6, 6.07) is 4.96. The molecule has 1 rings (SSSR count). The van der Waals surface area contributed by atoms with Gasteiger partial charge in [0.2, 0.25) is 0 Å². The molecule has 0 aromatic heterocycles. The molecule has 0 amide bonds. The van der Waals surface area contributed by atoms with E-state index < -0.39 is 5.97 Å². The summed E-state index contributed by atoms with van der Waals surface area (Å²) in [4.78, 5) is 21.5. The lowest BCUT2D eigenvalue weighted by molar-refractivity contribution is -0.142. The SMILES string of the molecule is COc1ccc(C(C)=O)cc1COCC(=O)O. The van der Waals surface area contributed by atoms with Gasteiger partial charge in [-0.15, -0.1) is 0 Å². The highest BCUT2D eigenvalue weighted by molar-refractivity contribution is 5.94. The number of rotatable bonds is 6. The summed E-state index contributed by atoms with van der Waals surface area (Å²) in [5.74, 6) is -0.529. The molecule has 0 heterocycles. The largest absolute Gasteiger partial charge is 0.496 e. The fourth-order valence-corrected chi connectivity index (χ4v) is 1.36. The summed E-state index contributed by atoms with van der Waals surface area (Å²) in [7, 11) is 1.50. The number of carboxylic acids is 1. The van der Waals surface area contributed by atoms with Gasteiger partial charge in [-0.3, -0.25) is 4.79 Å². The minimum Gasteiger partial charge on any atom is -0.496 e. The zero-order valence-electron chi connectivity index (χ0n) is 9.73. The molecule has 17 heavy (non-hydrogen) atoms. The second-order valence-electron chi connectivity index (χ2n) is 3.47. The van der Waals surface area contributed by atoms with Crippen LogP contribution in [0.4, 0.5) is 0 Å². The van der Waals surface area contributed by atoms with Crippen LogP contribution < -0.4 is 4.74 Å². The Morgan fingerprint density at radius 2 is 2.06 bits per heavy atom. The van der Waals surface area contributed by atoms with Crippen molar-refractivity contribution >= 4 is 11.8 Å². The van der Waals surface area contributed by atoms with Gasteiger partial charge in [0, 0.05) is 11.1 Å². The Kier molecular flexibility index (Phi) is 4.66. The molecule has 0 saturated heterocycles. The van der Waals surface area contributed by atoms with Crippen molar-refractivity contribution in [3.63, 3.8) is 0 Å². The van der Waals surface area contributed by atoms with Crippen molar-refractivity contribution in [2.75, 3.05) is 13.7 Å². The average molecular weight is 238 g/mol. The zero-order chi connectivity index (χ0) is 12.8. The molecule has 0 radical (unpaired) electrons. The molecule has 1 aromatic carbocycles. The lowest BCUT2D eigenvalue weighted by Crippen LogP contribution is -2.07. The fourth-order valence-electron chi connectivity index (χ4n) is 1.36. The van der Waals surface area contributed by atoms with E-state index in [0.29, 0.717) is 16.9 Å². The van der Waals surface area contributed by atoms with E-state index in [4.69, 9.17) is 14.6 Å². The van der Waals surface area contributed by atoms with Crippen LogP contribution in [0.15, 0.2) is 18.2 Å². The summed E-state index contributed by atoms with van der Waals surface area (Å²) < 4.78 is 10.1. The van der Waals surface area contributed by atoms with Gasteiger partial charge in [0.1, 0.15) is 12.4 Å². The molecule has 5 nitrogen and oxygen atoms in total. The van der Waals surface area contributed by atoms with Gasteiger partial charge < -0.3 is 14.6 Å². The van der Waals surface area contributed by atoms with Gasteiger partial charge in [-0.1, -0.05) is 0 Å². The Morgan fingerprint density at radius 1 is 1.35 bits per heavy atom. The standard InChI is InChI=1S/C12H14O5/c1-8(13)9-3-4-11(16-2)10(5-9)6-17-7-12(14)15/h3-5H,6-7H2,1-2H3,(H,14,15). The maximum absolute atomic E-state index is 11.2. The number of ether oxygens (including phenoxy) is 2. The highest BCUT2D eigenvalue weighted by Gasteiger charge is 2.08. The predicted molar refractivity (Wildman–Crippen MR) is 60.3 cm³/mol. The molecule has 0 aliphatic carbocycles. The maximum Gasteiger partial charge on any atom is 0.329 e. The third kappa shape index (κ3) is 3.88. The number of benzene rings is 1. The molecule has 0 bridgehead atoms. The van der Waals surface area contributed by atoms with E-state index in [1.54, 1.807) is 18.2 Å². The molecule has 0 atom stereocenters. The van der Waals surface area contributed by atoms with Crippen LogP contribution in [0.25, 0.3) is 0 Å². The first-order valence-corrected chi connectivity index (χ1v) is 5.02. The number of ketones is 1. The van der Waals surface area contributed by atoms with Crippen molar-refractivity contribution in [2.45, 2.75) is 13.5 Å². The lowest BCUT2D eigenvalue weighted by Gasteiger charge is -2.09. The van der Waals surface area contributed by atoms with E-state index in [2.05, 4.69) is 0 Å². The van der Waals surface area contributed by atoms with E-state index in [1.807, 2.05) is 0 Å². The molecule has 0 aliphatic heterocycles. The number of carbonyl (C=O) groups is 2. The normalized spacial score (nSPS) is 10.0. The van der Waals surface area contributed by atoms with E-state index in [1.165, 1.54) is 14.0 Å². The minimum atomic E-state index is -1.04. The van der Waals surface area contributed by atoms with Gasteiger partial charge in [0.25, 0.3) is 0 Å². The van der Waals surface area contributed by atoms with Crippen molar-refractivity contribution in [1.82, 2.24) is 0 Å². The Balaban J connectivity index is 2.82. The number of hydrogen-bond acceptors (Lipinski definition) is 4. The van der Waals surface area contributed by atoms with E-state index in [9.17, 15) is 9.59 Å². The molecule has 92 valence electrons. The quantitative estimate of drug-likeness (QED) is 0.760. The smallest absolute Gasteiger partial charge is 0.329 e. The second-order valence-corrected chi connectivity index (χ2v) is 3.47. The summed E-state index contributed by atoms with van der Waals surface area (Å²) in [5, 5.41) is 8.45. The molecular weight excluding hydrogens is 224 g/mol. The Bertz CT molecular complexity index is 425. The Labute approximate surface area is 99.0 Å². The number of aliphatic carboxylic acids is 1. The van der Waals surface area contributed by atoms with Gasteiger partial charge in [0.05, 0.1) is 13.7 Å². The van der Waals surface area contributed by atoms with E-state index in [-0.39, 0.29) is 19.0 Å². The first-order valence-electron chi connectivity index (χ1n) is 5.02. The van der Waals surface area contributed by atoms with Crippen molar-refractivity contribution < 1.29 is 24.2 Å². The summed E-state index contributed by atoms with van der Waals surface area (Å²) in [6.07, 6.45) is 0. The van der Waals surface area contributed by atoms with Crippen LogP contribution in [0.5, 0.6) is 5.75 Å². The molecule has 0 aliphatic rings. The summed E-state index contributed by atoms with van der Waals surface area (Å²) in [6.45, 7) is 1.17. The molecule has 0 fully saturated rings. The molecule has 1 aromatic rings. The molecule has 1 N–H and O–H groups in total. The second kappa shape index (κ2) is 6.00. The maximum atomic E-state index is 11.2. The van der Waals surface area contributed by atoms with Gasteiger partial charge in [-0.05, 0) is 25.1 Å². The van der Waals surface area contributed by atoms with Crippen LogP contribution in [0.2, 0.25) is 0 Å². The Hall–Kier alpha value is -1.88. The van der Waals surface area contributed by atoms with Gasteiger partial charge in [0.15, 0.2) is 5.78 Å².